The summed E-state index contributed by atoms with van der Waals surface area (Å²) in [5, 5.41) is 16.5. The van der Waals surface area contributed by atoms with E-state index in [1.54, 1.807) is 24.3 Å². The Labute approximate surface area is 206 Å². The standard InChI is InChI=1S/C28H33N3O4/c1-2-35-24-15-12-20(13-16-24)14-17-25(32)31-26(27(33)23-6-4-3-5-7-23)28(34)30-19-22-10-8-21(18-29)9-11-22/h3-13,15-16,26-27,33H,2,14,17-19,29H2,1H3,(H,30,34)(H,31,32)/t26-,27-/m0/s1. The van der Waals surface area contributed by atoms with E-state index in [0.717, 1.165) is 22.4 Å². The molecule has 0 aliphatic heterocycles. The number of hydrogen-bond acceptors (Lipinski definition) is 5. The number of hydrogen-bond donors (Lipinski definition) is 4. The number of benzene rings is 3. The number of nitrogens with one attached hydrogen (secondary N) is 2. The van der Waals surface area contributed by atoms with Crippen LogP contribution in [-0.4, -0.2) is 29.6 Å². The minimum Gasteiger partial charge on any atom is -0.494 e. The van der Waals surface area contributed by atoms with Gasteiger partial charge in [-0.05, 0) is 47.7 Å². The summed E-state index contributed by atoms with van der Waals surface area (Å²) in [5.41, 5.74) is 9.05. The lowest BCUT2D eigenvalue weighted by atomic mass is 10.0. The maximum absolute atomic E-state index is 13.0. The number of ether oxygens (including phenoxy) is 1. The molecule has 5 N–H and O–H groups in total. The number of carbonyl (C=O) groups excluding carboxylic acids is 2. The van der Waals surface area contributed by atoms with Gasteiger partial charge in [0.1, 0.15) is 17.9 Å². The van der Waals surface area contributed by atoms with Crippen molar-refractivity contribution in [1.82, 2.24) is 10.6 Å². The van der Waals surface area contributed by atoms with E-state index in [9.17, 15) is 14.7 Å². The molecule has 0 heterocycles. The van der Waals surface area contributed by atoms with Gasteiger partial charge in [-0.15, -0.1) is 0 Å². The highest BCUT2D eigenvalue weighted by Gasteiger charge is 2.29. The summed E-state index contributed by atoms with van der Waals surface area (Å²) >= 11 is 0. The fourth-order valence-corrected chi connectivity index (χ4v) is 3.65. The lowest BCUT2D eigenvalue weighted by molar-refractivity contribution is -0.132. The van der Waals surface area contributed by atoms with Crippen LogP contribution in [0.25, 0.3) is 0 Å². The van der Waals surface area contributed by atoms with Gasteiger partial charge in [0.25, 0.3) is 0 Å². The van der Waals surface area contributed by atoms with Crippen molar-refractivity contribution < 1.29 is 19.4 Å². The van der Waals surface area contributed by atoms with E-state index >= 15 is 0 Å². The Morgan fingerprint density at radius 3 is 2.17 bits per heavy atom. The first-order valence-corrected chi connectivity index (χ1v) is 11.8. The minimum absolute atomic E-state index is 0.180. The van der Waals surface area contributed by atoms with Gasteiger partial charge < -0.3 is 26.2 Å². The zero-order valence-corrected chi connectivity index (χ0v) is 19.9. The van der Waals surface area contributed by atoms with E-state index < -0.39 is 18.1 Å². The zero-order chi connectivity index (χ0) is 25.0. The molecule has 0 bridgehead atoms. The maximum Gasteiger partial charge on any atom is 0.245 e. The first-order chi connectivity index (χ1) is 17.0. The van der Waals surface area contributed by atoms with Crippen LogP contribution < -0.4 is 21.1 Å². The average Bonchev–Trinajstić information content (AvgIpc) is 2.90. The fraction of sp³-hybridized carbons (Fsp3) is 0.286. The molecule has 0 aliphatic carbocycles. The number of aliphatic hydroxyl groups excluding tert-OH is 1. The molecule has 2 atom stereocenters. The molecular weight excluding hydrogens is 442 g/mol. The Morgan fingerprint density at radius 1 is 0.914 bits per heavy atom. The highest BCUT2D eigenvalue weighted by atomic mass is 16.5. The van der Waals surface area contributed by atoms with Gasteiger partial charge in [-0.1, -0.05) is 66.7 Å². The molecule has 3 aromatic carbocycles. The molecule has 7 nitrogen and oxygen atoms in total. The van der Waals surface area contributed by atoms with Crippen molar-refractivity contribution in [3.63, 3.8) is 0 Å². The molecule has 0 spiro atoms. The zero-order valence-electron chi connectivity index (χ0n) is 19.9. The van der Waals surface area contributed by atoms with Crippen molar-refractivity contribution in [3.8, 4) is 5.75 Å². The van der Waals surface area contributed by atoms with Crippen molar-refractivity contribution in [1.29, 1.82) is 0 Å². The highest BCUT2D eigenvalue weighted by Crippen LogP contribution is 2.18. The van der Waals surface area contributed by atoms with Crippen LogP contribution in [0.5, 0.6) is 5.75 Å². The smallest absolute Gasteiger partial charge is 0.245 e. The lowest BCUT2D eigenvalue weighted by Gasteiger charge is -2.24. The Morgan fingerprint density at radius 2 is 1.54 bits per heavy atom. The average molecular weight is 476 g/mol. The topological polar surface area (TPSA) is 114 Å². The van der Waals surface area contributed by atoms with Crippen molar-refractivity contribution in [3.05, 3.63) is 101 Å². The van der Waals surface area contributed by atoms with E-state index in [2.05, 4.69) is 10.6 Å². The number of nitrogens with two attached hydrogens (primary N) is 1. The number of rotatable bonds is 12. The molecule has 0 fully saturated rings. The Kier molecular flexibility index (Phi) is 9.83. The summed E-state index contributed by atoms with van der Waals surface area (Å²) in [6.45, 7) is 3.23. The van der Waals surface area contributed by atoms with E-state index in [0.29, 0.717) is 25.1 Å². The third-order valence-corrected chi connectivity index (χ3v) is 5.66. The van der Waals surface area contributed by atoms with Crippen LogP contribution in [0.15, 0.2) is 78.9 Å². The predicted octanol–water partition coefficient (Wildman–Crippen LogP) is 3.01. The molecule has 2 amide bonds. The Balaban J connectivity index is 1.63. The minimum atomic E-state index is -1.19. The van der Waals surface area contributed by atoms with Crippen LogP contribution in [0.2, 0.25) is 0 Å². The van der Waals surface area contributed by atoms with Crippen LogP contribution in [0.3, 0.4) is 0 Å². The van der Waals surface area contributed by atoms with Gasteiger partial charge in [0, 0.05) is 19.5 Å². The quantitative estimate of drug-likeness (QED) is 0.322. The maximum atomic E-state index is 13.0. The first kappa shape index (κ1) is 25.9. The van der Waals surface area contributed by atoms with Crippen molar-refractivity contribution in [2.24, 2.45) is 5.73 Å². The number of amides is 2. The van der Waals surface area contributed by atoms with Gasteiger partial charge in [0.2, 0.25) is 11.8 Å². The van der Waals surface area contributed by atoms with Gasteiger partial charge in [-0.2, -0.15) is 0 Å². The van der Waals surface area contributed by atoms with Gasteiger partial charge in [-0.25, -0.2) is 0 Å². The molecule has 0 aromatic heterocycles. The first-order valence-electron chi connectivity index (χ1n) is 11.8. The molecule has 3 aromatic rings. The SMILES string of the molecule is CCOc1ccc(CCC(=O)N[C@H](C(=O)NCc2ccc(CN)cc2)[C@@H](O)c2ccccc2)cc1. The van der Waals surface area contributed by atoms with Crippen LogP contribution >= 0.6 is 0 Å². The second-order valence-electron chi connectivity index (χ2n) is 8.22. The predicted molar refractivity (Wildman–Crippen MR) is 135 cm³/mol. The van der Waals surface area contributed by atoms with E-state index in [4.69, 9.17) is 10.5 Å². The van der Waals surface area contributed by atoms with Crippen molar-refractivity contribution in [2.45, 2.75) is 45.0 Å². The molecule has 35 heavy (non-hydrogen) atoms. The van der Waals surface area contributed by atoms with Gasteiger partial charge in [0.05, 0.1) is 6.61 Å². The van der Waals surface area contributed by atoms with Gasteiger partial charge in [0.15, 0.2) is 0 Å². The van der Waals surface area contributed by atoms with Crippen LogP contribution in [0, 0.1) is 0 Å². The van der Waals surface area contributed by atoms with E-state index in [1.807, 2.05) is 61.5 Å². The number of aryl methyl sites for hydroxylation is 1. The number of carbonyl (C=O) groups is 2. The summed E-state index contributed by atoms with van der Waals surface area (Å²) in [7, 11) is 0. The highest BCUT2D eigenvalue weighted by molar-refractivity contribution is 5.88. The molecule has 0 saturated carbocycles. The summed E-state index contributed by atoms with van der Waals surface area (Å²) in [5.74, 6) is 0.000994. The molecule has 0 saturated heterocycles. The van der Waals surface area contributed by atoms with Crippen LogP contribution in [-0.2, 0) is 29.1 Å². The van der Waals surface area contributed by atoms with Gasteiger partial charge >= 0.3 is 0 Å². The van der Waals surface area contributed by atoms with Crippen LogP contribution in [0.4, 0.5) is 0 Å². The summed E-state index contributed by atoms with van der Waals surface area (Å²) < 4.78 is 5.44. The second-order valence-corrected chi connectivity index (χ2v) is 8.22. The molecule has 184 valence electrons. The van der Waals surface area contributed by atoms with E-state index in [-0.39, 0.29) is 18.9 Å². The monoisotopic (exact) mass is 475 g/mol. The van der Waals surface area contributed by atoms with Gasteiger partial charge in [-0.3, -0.25) is 9.59 Å². The lowest BCUT2D eigenvalue weighted by Crippen LogP contribution is -2.50. The molecule has 3 rings (SSSR count). The van der Waals surface area contributed by atoms with Crippen LogP contribution in [0.1, 0.15) is 41.7 Å². The molecule has 7 heteroatoms. The fourth-order valence-electron chi connectivity index (χ4n) is 3.65. The Hall–Kier alpha value is -3.68. The second kappa shape index (κ2) is 13.3. The normalized spacial score (nSPS) is 12.4. The molecule has 0 aliphatic rings. The molecular formula is C28H33N3O4. The number of aliphatic hydroxyl groups is 1. The van der Waals surface area contributed by atoms with Crippen molar-refractivity contribution >= 4 is 11.8 Å². The third-order valence-electron chi connectivity index (χ3n) is 5.66. The summed E-state index contributed by atoms with van der Waals surface area (Å²) in [6.07, 6.45) is -0.508. The molecule has 0 radical (unpaired) electrons. The van der Waals surface area contributed by atoms with Crippen molar-refractivity contribution in [2.75, 3.05) is 6.61 Å². The summed E-state index contributed by atoms with van der Waals surface area (Å²) in [6, 6.07) is 22.8. The Bertz CT molecular complexity index is 1070. The summed E-state index contributed by atoms with van der Waals surface area (Å²) in [4.78, 5) is 25.8. The van der Waals surface area contributed by atoms with E-state index in [1.165, 1.54) is 0 Å². The third kappa shape index (κ3) is 7.95. The molecule has 0 unspecified atom stereocenters. The largest absolute Gasteiger partial charge is 0.494 e.